The van der Waals surface area contributed by atoms with Gasteiger partial charge in [0.15, 0.2) is 0 Å². The smallest absolute Gasteiger partial charge is 0.410 e. The number of carboxylic acid groups (broad SMARTS) is 2. The number of ether oxygens (including phenoxy) is 1. The highest BCUT2D eigenvalue weighted by Gasteiger charge is 2.32. The van der Waals surface area contributed by atoms with Gasteiger partial charge in [0.2, 0.25) is 0 Å². The molecule has 0 bridgehead atoms. The van der Waals surface area contributed by atoms with Gasteiger partial charge in [-0.1, -0.05) is 0 Å². The van der Waals surface area contributed by atoms with Crippen molar-refractivity contribution in [2.45, 2.75) is 25.3 Å². The van der Waals surface area contributed by atoms with E-state index in [1.807, 2.05) is 0 Å². The summed E-state index contributed by atoms with van der Waals surface area (Å²) >= 11 is 0. The van der Waals surface area contributed by atoms with E-state index in [2.05, 4.69) is 0 Å². The first-order chi connectivity index (χ1) is 7.52. The van der Waals surface area contributed by atoms with E-state index in [1.54, 1.807) is 0 Å². The number of hydrogen-bond donors (Lipinski definition) is 2. The van der Waals surface area contributed by atoms with Crippen LogP contribution in [0.1, 0.15) is 19.3 Å². The minimum absolute atomic E-state index is 0.111. The van der Waals surface area contributed by atoms with Crippen molar-refractivity contribution < 1.29 is 29.3 Å². The first-order valence-electron chi connectivity index (χ1n) is 4.90. The molecule has 0 aliphatic carbocycles. The molecule has 16 heavy (non-hydrogen) atoms. The average molecular weight is 231 g/mol. The summed E-state index contributed by atoms with van der Waals surface area (Å²) in [6.45, 7) is 0.565. The molecule has 1 atom stereocenters. The van der Waals surface area contributed by atoms with Gasteiger partial charge in [0.25, 0.3) is 0 Å². The van der Waals surface area contributed by atoms with Crippen molar-refractivity contribution in [1.29, 1.82) is 0 Å². The first-order valence-corrected chi connectivity index (χ1v) is 4.90. The van der Waals surface area contributed by atoms with Crippen molar-refractivity contribution in [3.05, 3.63) is 0 Å². The Hall–Kier alpha value is -1.79. The van der Waals surface area contributed by atoms with Crippen LogP contribution < -0.4 is 0 Å². The third kappa shape index (κ3) is 3.11. The second-order valence-corrected chi connectivity index (χ2v) is 3.45. The van der Waals surface area contributed by atoms with Gasteiger partial charge in [-0.15, -0.1) is 0 Å². The highest BCUT2D eigenvalue weighted by atomic mass is 16.6. The van der Waals surface area contributed by atoms with Gasteiger partial charge in [0.05, 0.1) is 6.61 Å². The lowest BCUT2D eigenvalue weighted by Crippen LogP contribution is -2.48. The number of carboxylic acids is 2. The van der Waals surface area contributed by atoms with Crippen molar-refractivity contribution in [2.24, 2.45) is 0 Å². The van der Waals surface area contributed by atoms with Crippen molar-refractivity contribution in [3.63, 3.8) is 0 Å². The molecule has 0 spiro atoms. The average Bonchev–Trinajstić information content (AvgIpc) is 2.20. The van der Waals surface area contributed by atoms with Gasteiger partial charge < -0.3 is 14.9 Å². The number of aliphatic carboxylic acids is 2. The largest absolute Gasteiger partial charge is 0.481 e. The highest BCUT2D eigenvalue weighted by Crippen LogP contribution is 2.14. The lowest BCUT2D eigenvalue weighted by atomic mass is 10.1. The molecule has 1 saturated heterocycles. The van der Waals surface area contributed by atoms with Gasteiger partial charge in [0, 0.05) is 13.0 Å². The maximum Gasteiger partial charge on any atom is 0.410 e. The Kier molecular flexibility index (Phi) is 4.10. The van der Waals surface area contributed by atoms with Gasteiger partial charge in [-0.3, -0.25) is 9.69 Å². The predicted octanol–water partition coefficient (Wildman–Crippen LogP) is 0.147. The zero-order chi connectivity index (χ0) is 12.1. The van der Waals surface area contributed by atoms with Crippen LogP contribution in [-0.2, 0) is 14.3 Å². The van der Waals surface area contributed by atoms with E-state index in [-0.39, 0.29) is 26.0 Å². The minimum atomic E-state index is -1.21. The van der Waals surface area contributed by atoms with Crippen LogP contribution in [0.2, 0.25) is 0 Å². The fourth-order valence-corrected chi connectivity index (χ4v) is 1.52. The summed E-state index contributed by atoms with van der Waals surface area (Å²) in [5.74, 6) is -2.29. The molecule has 0 aromatic carbocycles. The Bertz CT molecular complexity index is 302. The molecule has 0 aromatic rings. The van der Waals surface area contributed by atoms with E-state index in [0.717, 1.165) is 4.90 Å². The monoisotopic (exact) mass is 231 g/mol. The minimum Gasteiger partial charge on any atom is -0.481 e. The fraction of sp³-hybridized carbons (Fsp3) is 0.667. The van der Waals surface area contributed by atoms with E-state index in [4.69, 9.17) is 14.9 Å². The molecule has 1 amide bonds. The summed E-state index contributed by atoms with van der Waals surface area (Å²) < 4.78 is 4.70. The normalized spacial score (nSPS) is 17.8. The zero-order valence-corrected chi connectivity index (χ0v) is 8.59. The zero-order valence-electron chi connectivity index (χ0n) is 8.59. The number of carbonyl (C=O) groups is 3. The molecular weight excluding hydrogens is 218 g/mol. The number of hydrogen-bond acceptors (Lipinski definition) is 4. The van der Waals surface area contributed by atoms with Crippen LogP contribution in [0, 0.1) is 0 Å². The summed E-state index contributed by atoms with van der Waals surface area (Å²) in [4.78, 5) is 33.6. The predicted molar refractivity (Wildman–Crippen MR) is 51.0 cm³/mol. The van der Waals surface area contributed by atoms with Crippen LogP contribution in [0.4, 0.5) is 4.79 Å². The second-order valence-electron chi connectivity index (χ2n) is 3.45. The van der Waals surface area contributed by atoms with Crippen molar-refractivity contribution in [3.8, 4) is 0 Å². The summed E-state index contributed by atoms with van der Waals surface area (Å²) in [6, 6.07) is -1.12. The molecule has 0 saturated carbocycles. The Labute approximate surface area is 91.6 Å². The summed E-state index contributed by atoms with van der Waals surface area (Å²) in [5, 5.41) is 17.4. The number of nitrogens with zero attached hydrogens (tertiary/aromatic N) is 1. The summed E-state index contributed by atoms with van der Waals surface area (Å²) in [7, 11) is 0. The third-order valence-corrected chi connectivity index (χ3v) is 2.30. The van der Waals surface area contributed by atoms with Crippen LogP contribution in [0.15, 0.2) is 0 Å². The summed E-state index contributed by atoms with van der Waals surface area (Å²) in [6.07, 6.45) is -0.535. The van der Waals surface area contributed by atoms with Gasteiger partial charge in [0.1, 0.15) is 6.04 Å². The highest BCUT2D eigenvalue weighted by molar-refractivity contribution is 5.81. The molecule has 1 unspecified atom stereocenters. The van der Waals surface area contributed by atoms with Crippen LogP contribution in [0.25, 0.3) is 0 Å². The molecule has 1 fully saturated rings. The Balaban J connectivity index is 2.64. The molecule has 1 rings (SSSR count). The Morgan fingerprint density at radius 1 is 1.44 bits per heavy atom. The number of rotatable bonds is 5. The van der Waals surface area contributed by atoms with Crippen molar-refractivity contribution in [2.75, 3.05) is 13.2 Å². The standard InChI is InChI=1S/C9H13NO6/c11-7(12)3-2-6(8(13)14)10-4-1-5-16-9(10)15/h6H,1-5H2,(H,11,12)(H,13,14). The van der Waals surface area contributed by atoms with E-state index in [0.29, 0.717) is 6.42 Å². The van der Waals surface area contributed by atoms with Crippen molar-refractivity contribution in [1.82, 2.24) is 4.90 Å². The third-order valence-electron chi connectivity index (χ3n) is 2.30. The van der Waals surface area contributed by atoms with E-state index in [9.17, 15) is 14.4 Å². The number of carbonyl (C=O) groups excluding carboxylic acids is 1. The Morgan fingerprint density at radius 2 is 2.12 bits per heavy atom. The molecule has 1 heterocycles. The molecule has 90 valence electrons. The van der Waals surface area contributed by atoms with Crippen LogP contribution >= 0.6 is 0 Å². The maximum atomic E-state index is 11.3. The lowest BCUT2D eigenvalue weighted by Gasteiger charge is -2.31. The van der Waals surface area contributed by atoms with Crippen molar-refractivity contribution >= 4 is 18.0 Å². The SMILES string of the molecule is O=C(O)CCC(C(=O)O)N1CCCOC1=O. The topological polar surface area (TPSA) is 104 Å². The van der Waals surface area contributed by atoms with Gasteiger partial charge >= 0.3 is 18.0 Å². The molecule has 7 nitrogen and oxygen atoms in total. The summed E-state index contributed by atoms with van der Waals surface area (Å²) in [5.41, 5.74) is 0. The quantitative estimate of drug-likeness (QED) is 0.697. The van der Waals surface area contributed by atoms with E-state index in [1.165, 1.54) is 0 Å². The van der Waals surface area contributed by atoms with Crippen LogP contribution in [0.3, 0.4) is 0 Å². The molecule has 2 N–H and O–H groups in total. The maximum absolute atomic E-state index is 11.3. The van der Waals surface area contributed by atoms with Gasteiger partial charge in [-0.05, 0) is 12.8 Å². The lowest BCUT2D eigenvalue weighted by molar-refractivity contribution is -0.144. The molecule has 1 aliphatic rings. The Morgan fingerprint density at radius 3 is 2.62 bits per heavy atom. The van der Waals surface area contributed by atoms with Crippen LogP contribution in [-0.4, -0.2) is 52.3 Å². The van der Waals surface area contributed by atoms with E-state index < -0.39 is 24.1 Å². The molecule has 7 heteroatoms. The fourth-order valence-electron chi connectivity index (χ4n) is 1.52. The molecule has 0 radical (unpaired) electrons. The van der Waals surface area contributed by atoms with E-state index >= 15 is 0 Å². The molecule has 1 aliphatic heterocycles. The van der Waals surface area contributed by atoms with Gasteiger partial charge in [-0.2, -0.15) is 0 Å². The second kappa shape index (κ2) is 5.34. The first kappa shape index (κ1) is 12.3. The number of cyclic esters (lactones) is 1. The molecular formula is C9H13NO6. The number of amides is 1. The van der Waals surface area contributed by atoms with Gasteiger partial charge in [-0.25, -0.2) is 9.59 Å². The molecule has 0 aromatic heterocycles. The van der Waals surface area contributed by atoms with Crippen LogP contribution in [0.5, 0.6) is 0 Å².